The van der Waals surface area contributed by atoms with Gasteiger partial charge < -0.3 is 33.1 Å². The Balaban J connectivity index is 0. The standard InChI is InChI=1S/2C5H12N2O2/c1-2-3-5(6,7)4(8)9;6-3-1-2-4(7)5(8)9/h2-3,6-7H2,1H3,(H,8,9);4H,1-3,6-7H2,(H,8,9)/t;4-/m.0/s1. The van der Waals surface area contributed by atoms with Crippen molar-refractivity contribution in [2.24, 2.45) is 22.9 Å². The number of nitrogens with two attached hydrogens (primary N) is 4. The summed E-state index contributed by atoms with van der Waals surface area (Å²) in [6, 6.07) is -0.742. The number of rotatable bonds is 7. The molecule has 0 spiro atoms. The minimum atomic E-state index is -1.53. The molecule has 1 atom stereocenters. The number of hydrogen-bond donors (Lipinski definition) is 6. The fourth-order valence-corrected chi connectivity index (χ4v) is 0.982. The Bertz CT molecular complexity index is 258. The molecule has 0 aromatic heterocycles. The Labute approximate surface area is 106 Å². The van der Waals surface area contributed by atoms with E-state index in [1.165, 1.54) is 0 Å². The lowest BCUT2D eigenvalue weighted by Crippen LogP contribution is -2.56. The zero-order valence-corrected chi connectivity index (χ0v) is 10.6. The van der Waals surface area contributed by atoms with Crippen LogP contribution in [-0.4, -0.2) is 40.4 Å². The summed E-state index contributed by atoms with van der Waals surface area (Å²) in [7, 11) is 0. The van der Waals surface area contributed by atoms with Gasteiger partial charge in [-0.3, -0.25) is 4.79 Å². The minimum Gasteiger partial charge on any atom is -0.480 e. The maximum absolute atomic E-state index is 10.2. The van der Waals surface area contributed by atoms with Crippen LogP contribution in [0.3, 0.4) is 0 Å². The van der Waals surface area contributed by atoms with E-state index in [-0.39, 0.29) is 0 Å². The number of aliphatic carboxylic acids is 2. The molecule has 0 unspecified atom stereocenters. The third-order valence-electron chi connectivity index (χ3n) is 2.10. The van der Waals surface area contributed by atoms with Crippen LogP contribution in [0.25, 0.3) is 0 Å². The molecule has 0 saturated heterocycles. The first-order chi connectivity index (χ1) is 8.18. The molecule has 18 heavy (non-hydrogen) atoms. The van der Waals surface area contributed by atoms with E-state index < -0.39 is 23.6 Å². The number of carbonyl (C=O) groups is 2. The summed E-state index contributed by atoms with van der Waals surface area (Å²) in [5.41, 5.74) is 19.0. The maximum atomic E-state index is 10.2. The molecular formula is C10H24N4O4. The molecule has 0 amide bonds. The van der Waals surface area contributed by atoms with Crippen molar-refractivity contribution >= 4 is 11.9 Å². The number of carboxylic acids is 2. The molecule has 0 aliphatic rings. The minimum absolute atomic E-state index is 0.308. The van der Waals surface area contributed by atoms with Crippen LogP contribution in [0.5, 0.6) is 0 Å². The maximum Gasteiger partial charge on any atom is 0.338 e. The van der Waals surface area contributed by atoms with Gasteiger partial charge in [0.25, 0.3) is 0 Å². The van der Waals surface area contributed by atoms with E-state index in [1.807, 2.05) is 6.92 Å². The van der Waals surface area contributed by atoms with Crippen molar-refractivity contribution < 1.29 is 19.8 Å². The molecule has 0 fully saturated rings. The van der Waals surface area contributed by atoms with Crippen molar-refractivity contribution in [2.75, 3.05) is 6.54 Å². The van der Waals surface area contributed by atoms with Gasteiger partial charge in [-0.2, -0.15) is 0 Å². The van der Waals surface area contributed by atoms with Gasteiger partial charge in [0.2, 0.25) is 0 Å². The summed E-state index contributed by atoms with van der Waals surface area (Å²) in [5.74, 6) is -2.10. The summed E-state index contributed by atoms with van der Waals surface area (Å²) in [6.07, 6.45) is 2.13. The highest BCUT2D eigenvalue weighted by atomic mass is 16.4. The Morgan fingerprint density at radius 3 is 2.00 bits per heavy atom. The van der Waals surface area contributed by atoms with E-state index in [2.05, 4.69) is 0 Å². The van der Waals surface area contributed by atoms with Crippen molar-refractivity contribution in [1.82, 2.24) is 0 Å². The smallest absolute Gasteiger partial charge is 0.338 e. The van der Waals surface area contributed by atoms with E-state index in [9.17, 15) is 9.59 Å². The molecule has 0 aliphatic carbocycles. The average molecular weight is 264 g/mol. The van der Waals surface area contributed by atoms with Crippen LogP contribution < -0.4 is 22.9 Å². The first-order valence-electron chi connectivity index (χ1n) is 5.68. The topological polar surface area (TPSA) is 179 Å². The highest BCUT2D eigenvalue weighted by Gasteiger charge is 2.26. The zero-order chi connectivity index (χ0) is 14.8. The molecule has 10 N–H and O–H groups in total. The molecular weight excluding hydrogens is 240 g/mol. The normalized spacial score (nSPS) is 12.3. The molecule has 0 aromatic rings. The van der Waals surface area contributed by atoms with Gasteiger partial charge >= 0.3 is 11.9 Å². The van der Waals surface area contributed by atoms with E-state index in [4.69, 9.17) is 33.1 Å². The lowest BCUT2D eigenvalue weighted by molar-refractivity contribution is -0.143. The summed E-state index contributed by atoms with van der Waals surface area (Å²) < 4.78 is 0. The summed E-state index contributed by atoms with van der Waals surface area (Å²) in [6.45, 7) is 2.33. The van der Waals surface area contributed by atoms with Crippen LogP contribution in [0.15, 0.2) is 0 Å². The van der Waals surface area contributed by atoms with E-state index in [1.54, 1.807) is 0 Å². The predicted molar refractivity (Wildman–Crippen MR) is 67.5 cm³/mol. The summed E-state index contributed by atoms with van der Waals surface area (Å²) >= 11 is 0. The summed E-state index contributed by atoms with van der Waals surface area (Å²) in [5, 5.41) is 16.6. The van der Waals surface area contributed by atoms with Gasteiger partial charge in [0.15, 0.2) is 5.66 Å². The predicted octanol–water partition coefficient (Wildman–Crippen LogP) is -1.38. The number of hydrogen-bond acceptors (Lipinski definition) is 6. The Hall–Kier alpha value is -1.22. The third-order valence-corrected chi connectivity index (χ3v) is 2.10. The monoisotopic (exact) mass is 264 g/mol. The molecule has 0 heterocycles. The first-order valence-corrected chi connectivity index (χ1v) is 5.68. The second-order valence-corrected chi connectivity index (χ2v) is 3.97. The largest absolute Gasteiger partial charge is 0.480 e. The average Bonchev–Trinajstić information content (AvgIpc) is 2.26. The third kappa shape index (κ3) is 9.97. The van der Waals surface area contributed by atoms with Crippen LogP contribution in [0.1, 0.15) is 32.6 Å². The van der Waals surface area contributed by atoms with Crippen LogP contribution in [0.4, 0.5) is 0 Å². The van der Waals surface area contributed by atoms with Crippen molar-refractivity contribution in [2.45, 2.75) is 44.3 Å². The molecule has 8 heteroatoms. The first kappa shape index (κ1) is 19.1. The molecule has 0 radical (unpaired) electrons. The highest BCUT2D eigenvalue weighted by molar-refractivity contribution is 5.77. The van der Waals surface area contributed by atoms with Crippen LogP contribution >= 0.6 is 0 Å². The van der Waals surface area contributed by atoms with E-state index in [0.717, 1.165) is 0 Å². The van der Waals surface area contributed by atoms with Crippen LogP contribution in [-0.2, 0) is 9.59 Å². The lowest BCUT2D eigenvalue weighted by Gasteiger charge is -2.16. The Morgan fingerprint density at radius 2 is 1.78 bits per heavy atom. The Kier molecular flexibility index (Phi) is 10.4. The molecule has 0 saturated carbocycles. The molecule has 0 aromatic carbocycles. The van der Waals surface area contributed by atoms with Gasteiger partial charge in [-0.05, 0) is 25.8 Å². The highest BCUT2D eigenvalue weighted by Crippen LogP contribution is 2.00. The molecule has 0 rings (SSSR count). The van der Waals surface area contributed by atoms with Crippen molar-refractivity contribution in [3.8, 4) is 0 Å². The van der Waals surface area contributed by atoms with Crippen molar-refractivity contribution in [3.63, 3.8) is 0 Å². The van der Waals surface area contributed by atoms with Gasteiger partial charge in [-0.1, -0.05) is 13.3 Å². The SMILES string of the molecule is CCCC(N)(N)C(=O)O.NCCC[C@H](N)C(=O)O. The lowest BCUT2D eigenvalue weighted by atomic mass is 10.1. The van der Waals surface area contributed by atoms with Gasteiger partial charge in [0, 0.05) is 0 Å². The van der Waals surface area contributed by atoms with E-state index >= 15 is 0 Å². The second kappa shape index (κ2) is 9.77. The molecule has 0 aliphatic heterocycles. The van der Waals surface area contributed by atoms with Gasteiger partial charge in [0.1, 0.15) is 6.04 Å². The fourth-order valence-electron chi connectivity index (χ4n) is 0.982. The number of carboxylic acid groups (broad SMARTS) is 2. The quantitative estimate of drug-likeness (QED) is 0.304. The zero-order valence-electron chi connectivity index (χ0n) is 10.6. The summed E-state index contributed by atoms with van der Waals surface area (Å²) in [4.78, 5) is 20.2. The van der Waals surface area contributed by atoms with Gasteiger partial charge in [-0.15, -0.1) is 0 Å². The van der Waals surface area contributed by atoms with Gasteiger partial charge in [0.05, 0.1) is 0 Å². The molecule has 0 bridgehead atoms. The van der Waals surface area contributed by atoms with Crippen molar-refractivity contribution in [3.05, 3.63) is 0 Å². The van der Waals surface area contributed by atoms with Crippen LogP contribution in [0, 0.1) is 0 Å². The molecule has 108 valence electrons. The molecule has 8 nitrogen and oxygen atoms in total. The van der Waals surface area contributed by atoms with Crippen molar-refractivity contribution in [1.29, 1.82) is 0 Å². The Morgan fingerprint density at radius 1 is 1.28 bits per heavy atom. The van der Waals surface area contributed by atoms with E-state index in [0.29, 0.717) is 32.2 Å². The van der Waals surface area contributed by atoms with Crippen LogP contribution in [0.2, 0.25) is 0 Å². The van der Waals surface area contributed by atoms with Gasteiger partial charge in [-0.25, -0.2) is 4.79 Å². The second-order valence-electron chi connectivity index (χ2n) is 3.97. The fraction of sp³-hybridized carbons (Fsp3) is 0.800.